The van der Waals surface area contributed by atoms with Gasteiger partial charge < -0.3 is 15.3 Å². The molecule has 110 valence electrons. The molecular formula is C13H12N2O4S2. The lowest BCUT2D eigenvalue weighted by molar-refractivity contribution is -0.142. The first-order valence-corrected chi connectivity index (χ1v) is 8.03. The third-order valence-corrected chi connectivity index (χ3v) is 5.39. The fourth-order valence-electron chi connectivity index (χ4n) is 2.34. The van der Waals surface area contributed by atoms with Crippen molar-refractivity contribution in [2.75, 3.05) is 13.1 Å². The van der Waals surface area contributed by atoms with Crippen LogP contribution in [0, 0.1) is 0 Å². The Kier molecular flexibility index (Phi) is 3.64. The van der Waals surface area contributed by atoms with E-state index in [0.717, 1.165) is 9.40 Å². The number of carboxylic acid groups (broad SMARTS) is 1. The highest BCUT2D eigenvalue weighted by atomic mass is 32.1. The van der Waals surface area contributed by atoms with Gasteiger partial charge >= 0.3 is 5.97 Å². The van der Waals surface area contributed by atoms with Gasteiger partial charge in [0.05, 0.1) is 11.3 Å². The molecule has 0 aliphatic carbocycles. The molecule has 0 aromatic carbocycles. The summed E-state index contributed by atoms with van der Waals surface area (Å²) in [5.41, 5.74) is 0. The Labute approximate surface area is 128 Å². The SMILES string of the molecule is O=C(O)CC1C(=O)NCCN1C(=O)c1cc2sccc2s1. The fourth-order valence-corrected chi connectivity index (χ4v) is 4.40. The third kappa shape index (κ3) is 2.64. The van der Waals surface area contributed by atoms with Crippen LogP contribution in [-0.2, 0) is 9.59 Å². The summed E-state index contributed by atoms with van der Waals surface area (Å²) in [6.45, 7) is 0.675. The van der Waals surface area contributed by atoms with E-state index >= 15 is 0 Å². The minimum atomic E-state index is -1.10. The molecular weight excluding hydrogens is 312 g/mol. The number of carbonyl (C=O) groups excluding carboxylic acids is 2. The Balaban J connectivity index is 1.88. The fraction of sp³-hybridized carbons (Fsp3) is 0.308. The van der Waals surface area contributed by atoms with Crippen LogP contribution < -0.4 is 5.32 Å². The summed E-state index contributed by atoms with van der Waals surface area (Å²) in [6.07, 6.45) is -0.378. The van der Waals surface area contributed by atoms with Crippen molar-refractivity contribution in [2.24, 2.45) is 0 Å². The molecule has 1 atom stereocenters. The number of nitrogens with zero attached hydrogens (tertiary/aromatic N) is 1. The average molecular weight is 324 g/mol. The maximum atomic E-state index is 12.6. The molecule has 2 aromatic heterocycles. The number of aliphatic carboxylic acids is 1. The quantitative estimate of drug-likeness (QED) is 0.893. The highest BCUT2D eigenvalue weighted by molar-refractivity contribution is 7.27. The second-order valence-electron chi connectivity index (χ2n) is 4.66. The molecule has 0 radical (unpaired) electrons. The maximum absolute atomic E-state index is 12.6. The van der Waals surface area contributed by atoms with Gasteiger partial charge in [-0.15, -0.1) is 22.7 Å². The van der Waals surface area contributed by atoms with E-state index < -0.39 is 17.9 Å². The number of carbonyl (C=O) groups is 3. The van der Waals surface area contributed by atoms with Crippen LogP contribution in [0.2, 0.25) is 0 Å². The van der Waals surface area contributed by atoms with Gasteiger partial charge in [-0.1, -0.05) is 0 Å². The van der Waals surface area contributed by atoms with Crippen molar-refractivity contribution < 1.29 is 19.5 Å². The Morgan fingerprint density at radius 2 is 2.24 bits per heavy atom. The van der Waals surface area contributed by atoms with Crippen molar-refractivity contribution in [3.05, 3.63) is 22.4 Å². The van der Waals surface area contributed by atoms with E-state index in [-0.39, 0.29) is 12.3 Å². The van der Waals surface area contributed by atoms with Crippen LogP contribution in [0.5, 0.6) is 0 Å². The van der Waals surface area contributed by atoms with E-state index in [0.29, 0.717) is 18.0 Å². The second kappa shape index (κ2) is 5.45. The molecule has 0 saturated carbocycles. The molecule has 6 nitrogen and oxygen atoms in total. The first-order chi connectivity index (χ1) is 10.1. The summed E-state index contributed by atoms with van der Waals surface area (Å²) < 4.78 is 2.05. The van der Waals surface area contributed by atoms with E-state index in [1.165, 1.54) is 16.2 Å². The number of carboxylic acids is 1. The first kappa shape index (κ1) is 14.0. The van der Waals surface area contributed by atoms with Crippen molar-refractivity contribution in [1.82, 2.24) is 10.2 Å². The van der Waals surface area contributed by atoms with E-state index in [2.05, 4.69) is 5.32 Å². The van der Waals surface area contributed by atoms with E-state index in [1.54, 1.807) is 17.4 Å². The number of rotatable bonds is 3. The number of piperazine rings is 1. The summed E-state index contributed by atoms with van der Waals surface area (Å²) in [6, 6.07) is 2.81. The topological polar surface area (TPSA) is 86.7 Å². The molecule has 3 heterocycles. The van der Waals surface area contributed by atoms with Gasteiger partial charge in [-0.25, -0.2) is 0 Å². The summed E-state index contributed by atoms with van der Waals surface area (Å²) in [4.78, 5) is 37.2. The summed E-state index contributed by atoms with van der Waals surface area (Å²) in [5, 5.41) is 13.5. The van der Waals surface area contributed by atoms with Gasteiger partial charge in [0.2, 0.25) is 5.91 Å². The zero-order valence-corrected chi connectivity index (χ0v) is 12.5. The van der Waals surface area contributed by atoms with Gasteiger partial charge in [0.1, 0.15) is 6.04 Å². The van der Waals surface area contributed by atoms with Crippen LogP contribution in [0.25, 0.3) is 9.40 Å². The number of fused-ring (bicyclic) bond motifs is 1. The molecule has 1 saturated heterocycles. The Morgan fingerprint density at radius 3 is 2.95 bits per heavy atom. The molecule has 1 aliphatic rings. The second-order valence-corrected chi connectivity index (χ2v) is 6.69. The van der Waals surface area contributed by atoms with Crippen LogP contribution in [0.4, 0.5) is 0 Å². The van der Waals surface area contributed by atoms with Gasteiger partial charge in [-0.05, 0) is 17.5 Å². The molecule has 8 heteroatoms. The zero-order chi connectivity index (χ0) is 15.0. The van der Waals surface area contributed by atoms with Crippen LogP contribution in [0.15, 0.2) is 17.5 Å². The smallest absolute Gasteiger partial charge is 0.305 e. The molecule has 0 bridgehead atoms. The normalized spacial score (nSPS) is 18.8. The van der Waals surface area contributed by atoms with Gasteiger partial charge in [0, 0.05) is 22.5 Å². The van der Waals surface area contributed by atoms with Crippen LogP contribution in [-0.4, -0.2) is 46.9 Å². The number of hydrogen-bond acceptors (Lipinski definition) is 5. The number of amides is 2. The predicted molar refractivity (Wildman–Crippen MR) is 79.8 cm³/mol. The summed E-state index contributed by atoms with van der Waals surface area (Å²) in [5.74, 6) is -1.78. The molecule has 3 rings (SSSR count). The van der Waals surface area contributed by atoms with E-state index in [4.69, 9.17) is 5.11 Å². The van der Waals surface area contributed by atoms with Crippen molar-refractivity contribution in [2.45, 2.75) is 12.5 Å². The lowest BCUT2D eigenvalue weighted by Crippen LogP contribution is -2.57. The molecule has 1 aliphatic heterocycles. The molecule has 2 amide bonds. The summed E-state index contributed by atoms with van der Waals surface area (Å²) in [7, 11) is 0. The van der Waals surface area contributed by atoms with Gasteiger partial charge in [0.15, 0.2) is 0 Å². The summed E-state index contributed by atoms with van der Waals surface area (Å²) >= 11 is 2.92. The lowest BCUT2D eigenvalue weighted by Gasteiger charge is -2.33. The van der Waals surface area contributed by atoms with Gasteiger partial charge in [-0.2, -0.15) is 0 Å². The number of nitrogens with one attached hydrogen (secondary N) is 1. The number of thiophene rings is 2. The van der Waals surface area contributed by atoms with Crippen LogP contribution in [0.3, 0.4) is 0 Å². The number of hydrogen-bond donors (Lipinski definition) is 2. The van der Waals surface area contributed by atoms with Crippen LogP contribution in [0.1, 0.15) is 16.1 Å². The molecule has 2 N–H and O–H groups in total. The Morgan fingerprint density at radius 1 is 1.43 bits per heavy atom. The maximum Gasteiger partial charge on any atom is 0.305 e. The zero-order valence-electron chi connectivity index (χ0n) is 10.9. The lowest BCUT2D eigenvalue weighted by atomic mass is 10.1. The molecule has 2 aromatic rings. The largest absolute Gasteiger partial charge is 0.481 e. The predicted octanol–water partition coefficient (Wildman–Crippen LogP) is 1.38. The third-order valence-electron chi connectivity index (χ3n) is 3.31. The van der Waals surface area contributed by atoms with Crippen LogP contribution >= 0.6 is 22.7 Å². The Bertz CT molecular complexity index is 692. The molecule has 1 unspecified atom stereocenters. The van der Waals surface area contributed by atoms with Crippen molar-refractivity contribution >= 4 is 49.9 Å². The monoisotopic (exact) mass is 324 g/mol. The van der Waals surface area contributed by atoms with E-state index in [1.807, 2.05) is 11.4 Å². The minimum Gasteiger partial charge on any atom is -0.481 e. The highest BCUT2D eigenvalue weighted by Crippen LogP contribution is 2.31. The van der Waals surface area contributed by atoms with Crippen molar-refractivity contribution in [3.8, 4) is 0 Å². The Hall–Kier alpha value is -1.93. The molecule has 21 heavy (non-hydrogen) atoms. The first-order valence-electron chi connectivity index (χ1n) is 6.34. The highest BCUT2D eigenvalue weighted by Gasteiger charge is 2.35. The minimum absolute atomic E-state index is 0.274. The van der Waals surface area contributed by atoms with Crippen molar-refractivity contribution in [3.63, 3.8) is 0 Å². The molecule has 0 spiro atoms. The van der Waals surface area contributed by atoms with Gasteiger partial charge in [0.25, 0.3) is 5.91 Å². The van der Waals surface area contributed by atoms with Crippen molar-refractivity contribution in [1.29, 1.82) is 0 Å². The molecule has 1 fully saturated rings. The standard InChI is InChI=1S/C13H12N2O4S2/c16-11(17)5-7-12(18)14-2-3-15(7)13(19)10-6-9-8(21-10)1-4-20-9/h1,4,6-7H,2-3,5H2,(H,14,18)(H,16,17). The van der Waals surface area contributed by atoms with E-state index in [9.17, 15) is 14.4 Å². The van der Waals surface area contributed by atoms with Gasteiger partial charge in [-0.3, -0.25) is 14.4 Å². The average Bonchev–Trinajstić information content (AvgIpc) is 3.00.